The highest BCUT2D eigenvalue weighted by molar-refractivity contribution is 5.86. The van der Waals surface area contributed by atoms with Gasteiger partial charge in [-0.3, -0.25) is 0 Å². The summed E-state index contributed by atoms with van der Waals surface area (Å²) in [4.78, 5) is 19.2. The highest BCUT2D eigenvalue weighted by atomic mass is 16.5. The average Bonchev–Trinajstić information content (AvgIpc) is 2.55. The van der Waals surface area contributed by atoms with Crippen LogP contribution >= 0.6 is 0 Å². The number of hydrogen-bond acceptors (Lipinski definition) is 6. The summed E-state index contributed by atoms with van der Waals surface area (Å²) in [6, 6.07) is 8.58. The Balaban J connectivity index is 1.98. The number of ether oxygens (including phenoxy) is 2. The highest BCUT2D eigenvalue weighted by Gasteiger charge is 2.10. The molecule has 7 heteroatoms. The van der Waals surface area contributed by atoms with E-state index in [-0.39, 0.29) is 5.69 Å². The Kier molecular flexibility index (Phi) is 5.13. The zero-order valence-corrected chi connectivity index (χ0v) is 12.4. The number of carboxylic acid groups (broad SMARTS) is 1. The zero-order valence-electron chi connectivity index (χ0n) is 12.4. The van der Waals surface area contributed by atoms with Gasteiger partial charge in [-0.15, -0.1) is 0 Å². The van der Waals surface area contributed by atoms with Gasteiger partial charge in [-0.25, -0.2) is 14.8 Å². The number of methoxy groups -OCH3 is 1. The van der Waals surface area contributed by atoms with Gasteiger partial charge in [0.15, 0.2) is 5.69 Å². The summed E-state index contributed by atoms with van der Waals surface area (Å²) in [7, 11) is 3.27. The number of aromatic nitrogens is 2. The number of hydrogen-bond donors (Lipinski definition) is 2. The largest absolute Gasteiger partial charge is 0.497 e. The van der Waals surface area contributed by atoms with E-state index >= 15 is 0 Å². The first kappa shape index (κ1) is 15.6. The van der Waals surface area contributed by atoms with Crippen LogP contribution in [0.25, 0.3) is 0 Å². The van der Waals surface area contributed by atoms with Crippen LogP contribution in [0.5, 0.6) is 11.5 Å². The molecule has 0 amide bonds. The van der Waals surface area contributed by atoms with Crippen LogP contribution in [0.15, 0.2) is 30.3 Å². The van der Waals surface area contributed by atoms with Crippen molar-refractivity contribution in [3.63, 3.8) is 0 Å². The number of carbonyl (C=O) groups is 1. The van der Waals surface area contributed by atoms with Crippen LogP contribution in [0.1, 0.15) is 16.3 Å². The summed E-state index contributed by atoms with van der Waals surface area (Å²) in [6.07, 6.45) is 0.405. The van der Waals surface area contributed by atoms with Crippen LogP contribution in [-0.4, -0.2) is 41.8 Å². The fourth-order valence-electron chi connectivity index (χ4n) is 1.78. The highest BCUT2D eigenvalue weighted by Crippen LogP contribution is 2.17. The lowest BCUT2D eigenvalue weighted by molar-refractivity contribution is 0.0690. The fraction of sp³-hybridized carbons (Fsp3) is 0.267. The molecule has 1 heterocycles. The average molecular weight is 303 g/mol. The van der Waals surface area contributed by atoms with Gasteiger partial charge in [-0.05, 0) is 24.3 Å². The van der Waals surface area contributed by atoms with Crippen LogP contribution in [0, 0.1) is 0 Å². The Bertz CT molecular complexity index is 644. The van der Waals surface area contributed by atoms with Crippen molar-refractivity contribution in [1.82, 2.24) is 9.97 Å². The first-order valence-electron chi connectivity index (χ1n) is 6.68. The molecule has 0 unspecified atom stereocenters. The lowest BCUT2D eigenvalue weighted by Gasteiger charge is -2.08. The monoisotopic (exact) mass is 303 g/mol. The van der Waals surface area contributed by atoms with Gasteiger partial charge in [0.2, 0.25) is 0 Å². The summed E-state index contributed by atoms with van der Waals surface area (Å²) in [6.45, 7) is 0.346. The first-order chi connectivity index (χ1) is 10.6. The topological polar surface area (TPSA) is 93.6 Å². The number of nitrogens with zero attached hydrogens (tertiary/aromatic N) is 2. The second-order valence-corrected chi connectivity index (χ2v) is 4.38. The molecule has 0 aliphatic heterocycles. The van der Waals surface area contributed by atoms with Crippen molar-refractivity contribution in [3.05, 3.63) is 41.9 Å². The van der Waals surface area contributed by atoms with Gasteiger partial charge in [-0.2, -0.15) is 0 Å². The number of aromatic carboxylic acids is 1. The fourth-order valence-corrected chi connectivity index (χ4v) is 1.78. The Morgan fingerprint density at radius 3 is 2.50 bits per heavy atom. The number of rotatable bonds is 7. The van der Waals surface area contributed by atoms with E-state index in [2.05, 4.69) is 15.3 Å². The SMILES string of the molecule is CNc1cc(C(=O)O)nc(CCOc2ccc(OC)cc2)n1. The van der Waals surface area contributed by atoms with Crippen LogP contribution < -0.4 is 14.8 Å². The summed E-state index contributed by atoms with van der Waals surface area (Å²) in [5.41, 5.74) is -0.0428. The molecule has 0 aliphatic rings. The molecule has 0 bridgehead atoms. The molecule has 0 saturated heterocycles. The molecule has 1 aromatic heterocycles. The van der Waals surface area contributed by atoms with E-state index in [1.165, 1.54) is 6.07 Å². The lowest BCUT2D eigenvalue weighted by atomic mass is 10.3. The summed E-state index contributed by atoms with van der Waals surface area (Å²) in [5.74, 6) is 1.24. The molecule has 0 saturated carbocycles. The maximum Gasteiger partial charge on any atom is 0.354 e. The molecule has 7 nitrogen and oxygen atoms in total. The van der Waals surface area contributed by atoms with E-state index in [4.69, 9.17) is 14.6 Å². The number of carboxylic acids is 1. The van der Waals surface area contributed by atoms with E-state index in [0.29, 0.717) is 30.4 Å². The van der Waals surface area contributed by atoms with E-state index < -0.39 is 5.97 Å². The molecule has 22 heavy (non-hydrogen) atoms. The Morgan fingerprint density at radius 1 is 1.23 bits per heavy atom. The minimum atomic E-state index is -1.09. The van der Waals surface area contributed by atoms with Crippen molar-refractivity contribution in [2.24, 2.45) is 0 Å². The van der Waals surface area contributed by atoms with E-state index in [9.17, 15) is 4.79 Å². The minimum Gasteiger partial charge on any atom is -0.497 e. The third kappa shape index (κ3) is 4.08. The van der Waals surface area contributed by atoms with Crippen molar-refractivity contribution in [2.75, 3.05) is 26.1 Å². The molecule has 1 aromatic carbocycles. The number of anilines is 1. The Hall–Kier alpha value is -2.83. The molecular weight excluding hydrogens is 286 g/mol. The van der Waals surface area contributed by atoms with Gasteiger partial charge in [0.25, 0.3) is 0 Å². The predicted molar refractivity (Wildman–Crippen MR) is 80.7 cm³/mol. The predicted octanol–water partition coefficient (Wildman–Crippen LogP) is 1.85. The zero-order chi connectivity index (χ0) is 15.9. The molecule has 2 rings (SSSR count). The van der Waals surface area contributed by atoms with E-state index in [1.54, 1.807) is 38.4 Å². The molecule has 116 valence electrons. The molecular formula is C15H17N3O4. The van der Waals surface area contributed by atoms with Gasteiger partial charge in [0.1, 0.15) is 23.1 Å². The number of benzene rings is 1. The van der Waals surface area contributed by atoms with Crippen LogP contribution in [-0.2, 0) is 6.42 Å². The van der Waals surface area contributed by atoms with E-state index in [0.717, 1.165) is 5.75 Å². The Labute approximate surface area is 127 Å². The maximum atomic E-state index is 11.0. The minimum absolute atomic E-state index is 0.0428. The van der Waals surface area contributed by atoms with Gasteiger partial charge >= 0.3 is 5.97 Å². The van der Waals surface area contributed by atoms with Crippen molar-refractivity contribution in [1.29, 1.82) is 0 Å². The standard InChI is InChI=1S/C15H17N3O4/c1-16-14-9-12(15(19)20)17-13(18-14)7-8-22-11-5-3-10(21-2)4-6-11/h3-6,9H,7-8H2,1-2H3,(H,19,20)(H,16,17,18). The van der Waals surface area contributed by atoms with Gasteiger partial charge < -0.3 is 19.9 Å². The van der Waals surface area contributed by atoms with Crippen molar-refractivity contribution < 1.29 is 19.4 Å². The smallest absolute Gasteiger partial charge is 0.354 e. The first-order valence-corrected chi connectivity index (χ1v) is 6.68. The quantitative estimate of drug-likeness (QED) is 0.806. The molecule has 2 N–H and O–H groups in total. The number of nitrogens with one attached hydrogen (secondary N) is 1. The van der Waals surface area contributed by atoms with Crippen molar-refractivity contribution >= 4 is 11.8 Å². The van der Waals surface area contributed by atoms with Crippen molar-refractivity contribution in [3.8, 4) is 11.5 Å². The normalized spacial score (nSPS) is 10.1. The summed E-state index contributed by atoms with van der Waals surface area (Å²) >= 11 is 0. The molecule has 0 spiro atoms. The molecule has 0 fully saturated rings. The van der Waals surface area contributed by atoms with Crippen LogP contribution in [0.3, 0.4) is 0 Å². The van der Waals surface area contributed by atoms with Gasteiger partial charge in [-0.1, -0.05) is 0 Å². The molecule has 0 aliphatic carbocycles. The lowest BCUT2D eigenvalue weighted by Crippen LogP contribution is -2.11. The third-order valence-corrected chi connectivity index (χ3v) is 2.90. The Morgan fingerprint density at radius 2 is 1.91 bits per heavy atom. The van der Waals surface area contributed by atoms with Gasteiger partial charge in [0, 0.05) is 19.5 Å². The van der Waals surface area contributed by atoms with Crippen LogP contribution in [0.4, 0.5) is 5.82 Å². The van der Waals surface area contributed by atoms with Crippen molar-refractivity contribution in [2.45, 2.75) is 6.42 Å². The summed E-state index contributed by atoms with van der Waals surface area (Å²) < 4.78 is 10.6. The second-order valence-electron chi connectivity index (χ2n) is 4.38. The molecule has 0 atom stereocenters. The van der Waals surface area contributed by atoms with E-state index in [1.807, 2.05) is 0 Å². The summed E-state index contributed by atoms with van der Waals surface area (Å²) in [5, 5.41) is 11.8. The third-order valence-electron chi connectivity index (χ3n) is 2.90. The van der Waals surface area contributed by atoms with Crippen LogP contribution in [0.2, 0.25) is 0 Å². The van der Waals surface area contributed by atoms with Gasteiger partial charge in [0.05, 0.1) is 13.7 Å². The maximum absolute atomic E-state index is 11.0. The molecule has 0 radical (unpaired) electrons. The molecule has 2 aromatic rings. The second kappa shape index (κ2) is 7.26.